The van der Waals surface area contributed by atoms with Crippen molar-refractivity contribution in [3.8, 4) is 0 Å². The number of benzene rings is 1. The van der Waals surface area contributed by atoms with E-state index in [1.54, 1.807) is 18.2 Å². The van der Waals surface area contributed by atoms with E-state index >= 15 is 0 Å². The highest BCUT2D eigenvalue weighted by Crippen LogP contribution is 2.14. The lowest BCUT2D eigenvalue weighted by atomic mass is 10.2. The summed E-state index contributed by atoms with van der Waals surface area (Å²) in [6.07, 6.45) is 0. The van der Waals surface area contributed by atoms with Gasteiger partial charge in [0.1, 0.15) is 0 Å². The monoisotopic (exact) mass is 268 g/mol. The smallest absolute Gasteiger partial charge is 0.179 e. The van der Waals surface area contributed by atoms with Gasteiger partial charge in [0, 0.05) is 25.7 Å². The van der Waals surface area contributed by atoms with Gasteiger partial charge in [0.2, 0.25) is 0 Å². The van der Waals surface area contributed by atoms with Crippen molar-refractivity contribution >= 4 is 9.84 Å². The minimum Gasteiger partial charge on any atom is -0.310 e. The molecule has 1 aromatic rings. The Balaban J connectivity index is 2.12. The van der Waals surface area contributed by atoms with Gasteiger partial charge in [-0.3, -0.25) is 0 Å². The Morgan fingerprint density at radius 3 is 2.89 bits per heavy atom. The van der Waals surface area contributed by atoms with Crippen LogP contribution in [0.3, 0.4) is 0 Å². The molecule has 4 nitrogen and oxygen atoms in total. The summed E-state index contributed by atoms with van der Waals surface area (Å²) in [7, 11) is -1.17. The molecule has 0 aliphatic carbocycles. The fourth-order valence-electron chi connectivity index (χ4n) is 2.27. The zero-order valence-corrected chi connectivity index (χ0v) is 11.7. The van der Waals surface area contributed by atoms with E-state index in [2.05, 4.69) is 10.2 Å². The fraction of sp³-hybridized carbons (Fsp3) is 0.538. The van der Waals surface area contributed by atoms with Crippen molar-refractivity contribution in [2.45, 2.75) is 17.9 Å². The molecule has 0 aromatic heterocycles. The number of nitrogens with one attached hydrogen (secondary N) is 1. The molecule has 18 heavy (non-hydrogen) atoms. The average molecular weight is 268 g/mol. The molecule has 0 amide bonds. The number of hydrogen-bond donors (Lipinski definition) is 1. The lowest BCUT2D eigenvalue weighted by Crippen LogP contribution is -2.51. The van der Waals surface area contributed by atoms with Crippen LogP contribution >= 0.6 is 0 Å². The van der Waals surface area contributed by atoms with E-state index in [1.165, 1.54) is 0 Å². The number of hydrogen-bond acceptors (Lipinski definition) is 4. The Hall–Kier alpha value is -0.910. The first kappa shape index (κ1) is 13.5. The summed E-state index contributed by atoms with van der Waals surface area (Å²) >= 11 is 0. The standard InChI is InChI=1S/C13H20N2O2S/c1-11-4-3-5-13(8-11)18(16,17)10-12-9-15(2)7-6-14-12/h3-5,8,12,14H,6-7,9-10H2,1-2H3. The summed E-state index contributed by atoms with van der Waals surface area (Å²) in [5, 5.41) is 3.27. The average Bonchev–Trinajstić information content (AvgIpc) is 2.28. The molecule has 1 aliphatic heterocycles. The van der Waals surface area contributed by atoms with Gasteiger partial charge in [-0.2, -0.15) is 0 Å². The van der Waals surface area contributed by atoms with Gasteiger partial charge in [0.15, 0.2) is 9.84 Å². The van der Waals surface area contributed by atoms with Crippen molar-refractivity contribution in [2.75, 3.05) is 32.4 Å². The molecule has 100 valence electrons. The summed E-state index contributed by atoms with van der Waals surface area (Å²) in [6, 6.07) is 7.14. The second kappa shape index (κ2) is 5.38. The van der Waals surface area contributed by atoms with Crippen LogP contribution in [0.4, 0.5) is 0 Å². The third-order valence-corrected chi connectivity index (χ3v) is 5.04. The maximum absolute atomic E-state index is 12.3. The lowest BCUT2D eigenvalue weighted by Gasteiger charge is -2.30. The lowest BCUT2D eigenvalue weighted by molar-refractivity contribution is 0.249. The molecule has 5 heteroatoms. The number of likely N-dealkylation sites (N-methyl/N-ethyl adjacent to an activating group) is 1. The third kappa shape index (κ3) is 3.31. The topological polar surface area (TPSA) is 49.4 Å². The molecular weight excluding hydrogens is 248 g/mol. The molecule has 0 bridgehead atoms. The zero-order chi connectivity index (χ0) is 13.2. The summed E-state index contributed by atoms with van der Waals surface area (Å²) in [4.78, 5) is 2.59. The van der Waals surface area contributed by atoms with Crippen molar-refractivity contribution in [3.63, 3.8) is 0 Å². The summed E-state index contributed by atoms with van der Waals surface area (Å²) < 4.78 is 24.6. The molecule has 1 heterocycles. The Bertz CT molecular complexity index is 513. The minimum absolute atomic E-state index is 0.0225. The van der Waals surface area contributed by atoms with E-state index in [9.17, 15) is 8.42 Å². The maximum Gasteiger partial charge on any atom is 0.179 e. The molecular formula is C13H20N2O2S. The molecule has 1 saturated heterocycles. The van der Waals surface area contributed by atoms with Crippen LogP contribution in [0.5, 0.6) is 0 Å². The van der Waals surface area contributed by atoms with E-state index in [0.717, 1.165) is 25.2 Å². The number of piperazine rings is 1. The molecule has 1 fully saturated rings. The highest BCUT2D eigenvalue weighted by atomic mass is 32.2. The number of rotatable bonds is 3. The fourth-order valence-corrected chi connectivity index (χ4v) is 3.87. The van der Waals surface area contributed by atoms with Crippen LogP contribution in [0.25, 0.3) is 0 Å². The van der Waals surface area contributed by atoms with Crippen molar-refractivity contribution in [2.24, 2.45) is 0 Å². The quantitative estimate of drug-likeness (QED) is 0.875. The van der Waals surface area contributed by atoms with Crippen LogP contribution in [0, 0.1) is 6.92 Å². The summed E-state index contributed by atoms with van der Waals surface area (Å²) in [5.41, 5.74) is 0.977. The third-order valence-electron chi connectivity index (χ3n) is 3.23. The SMILES string of the molecule is Cc1cccc(S(=O)(=O)CC2CN(C)CCN2)c1. The summed E-state index contributed by atoms with van der Waals surface area (Å²) in [6.45, 7) is 4.52. The Labute approximate surface area is 109 Å². The van der Waals surface area contributed by atoms with E-state index in [0.29, 0.717) is 4.90 Å². The van der Waals surface area contributed by atoms with Gasteiger partial charge in [0.25, 0.3) is 0 Å². The zero-order valence-electron chi connectivity index (χ0n) is 10.9. The molecule has 1 unspecified atom stereocenters. The summed E-state index contributed by atoms with van der Waals surface area (Å²) in [5.74, 6) is 0.167. The molecule has 1 N–H and O–H groups in total. The van der Waals surface area contributed by atoms with Crippen molar-refractivity contribution in [1.29, 1.82) is 0 Å². The van der Waals surface area contributed by atoms with E-state index < -0.39 is 9.84 Å². The van der Waals surface area contributed by atoms with Crippen molar-refractivity contribution < 1.29 is 8.42 Å². The highest BCUT2D eigenvalue weighted by molar-refractivity contribution is 7.91. The molecule has 1 aliphatic rings. The van der Waals surface area contributed by atoms with Crippen LogP contribution in [-0.4, -0.2) is 51.8 Å². The maximum atomic E-state index is 12.3. The molecule has 1 aromatic carbocycles. The second-order valence-corrected chi connectivity index (χ2v) is 7.05. The Morgan fingerprint density at radius 2 is 2.22 bits per heavy atom. The number of nitrogens with zero attached hydrogens (tertiary/aromatic N) is 1. The first-order chi connectivity index (χ1) is 8.47. The van der Waals surface area contributed by atoms with Crippen LogP contribution < -0.4 is 5.32 Å². The molecule has 0 radical (unpaired) electrons. The molecule has 0 spiro atoms. The van der Waals surface area contributed by atoms with Crippen LogP contribution in [0.2, 0.25) is 0 Å². The number of sulfone groups is 1. The Morgan fingerprint density at radius 1 is 1.44 bits per heavy atom. The van der Waals surface area contributed by atoms with Gasteiger partial charge in [-0.05, 0) is 31.7 Å². The van der Waals surface area contributed by atoms with Gasteiger partial charge in [-0.1, -0.05) is 12.1 Å². The molecule has 0 saturated carbocycles. The van der Waals surface area contributed by atoms with Gasteiger partial charge >= 0.3 is 0 Å². The second-order valence-electron chi connectivity index (χ2n) is 5.01. The first-order valence-corrected chi connectivity index (χ1v) is 7.84. The van der Waals surface area contributed by atoms with Crippen LogP contribution in [0.1, 0.15) is 5.56 Å². The van der Waals surface area contributed by atoms with Crippen LogP contribution in [-0.2, 0) is 9.84 Å². The van der Waals surface area contributed by atoms with Gasteiger partial charge < -0.3 is 10.2 Å². The number of aryl methyl sites for hydroxylation is 1. The molecule has 1 atom stereocenters. The molecule has 2 rings (SSSR count). The van der Waals surface area contributed by atoms with E-state index in [-0.39, 0.29) is 11.8 Å². The van der Waals surface area contributed by atoms with E-state index in [1.807, 2.05) is 20.0 Å². The van der Waals surface area contributed by atoms with E-state index in [4.69, 9.17) is 0 Å². The predicted octanol–water partition coefficient (Wildman–Crippen LogP) is 0.672. The van der Waals surface area contributed by atoms with Gasteiger partial charge in [-0.15, -0.1) is 0 Å². The largest absolute Gasteiger partial charge is 0.310 e. The minimum atomic E-state index is -3.20. The van der Waals surface area contributed by atoms with Crippen LogP contribution in [0.15, 0.2) is 29.2 Å². The highest BCUT2D eigenvalue weighted by Gasteiger charge is 2.24. The normalized spacial score (nSPS) is 22.0. The Kier molecular flexibility index (Phi) is 4.04. The van der Waals surface area contributed by atoms with Gasteiger partial charge in [0.05, 0.1) is 10.6 Å². The first-order valence-electron chi connectivity index (χ1n) is 6.19. The van der Waals surface area contributed by atoms with Gasteiger partial charge in [-0.25, -0.2) is 8.42 Å². The van der Waals surface area contributed by atoms with Crippen molar-refractivity contribution in [1.82, 2.24) is 10.2 Å². The predicted molar refractivity (Wildman–Crippen MR) is 72.5 cm³/mol. The van der Waals surface area contributed by atoms with Crippen molar-refractivity contribution in [3.05, 3.63) is 29.8 Å².